The van der Waals surface area contributed by atoms with Crippen LogP contribution >= 0.6 is 0 Å². The standard InChI is InChI=1S/C24H25N5O2/c1-16-26-19-7-4-5-8-21(19)28(16)14-12-25-23(30)17-10-11-18-20(15-17)27-22-9-3-2-6-13-29(22)24(18)31/h4-5,7-8,10-11,15H,2-3,6,9,12-14H2,1H3,(H,25,30). The zero-order chi connectivity index (χ0) is 21.4. The van der Waals surface area contributed by atoms with Crippen molar-refractivity contribution >= 4 is 27.8 Å². The van der Waals surface area contributed by atoms with Crippen molar-refractivity contribution in [3.63, 3.8) is 0 Å². The first kappa shape index (κ1) is 19.5. The molecule has 0 aliphatic carbocycles. The molecule has 2 aromatic heterocycles. The third kappa shape index (κ3) is 3.60. The molecule has 7 heteroatoms. The molecule has 1 amide bonds. The van der Waals surface area contributed by atoms with Gasteiger partial charge in [-0.2, -0.15) is 0 Å². The number of rotatable bonds is 4. The minimum atomic E-state index is -0.166. The maximum absolute atomic E-state index is 12.9. The van der Waals surface area contributed by atoms with Gasteiger partial charge in [-0.25, -0.2) is 9.97 Å². The Bertz CT molecular complexity index is 1350. The van der Waals surface area contributed by atoms with E-state index < -0.39 is 0 Å². The summed E-state index contributed by atoms with van der Waals surface area (Å²) in [4.78, 5) is 34.9. The largest absolute Gasteiger partial charge is 0.350 e. The lowest BCUT2D eigenvalue weighted by atomic mass is 10.1. The fourth-order valence-electron chi connectivity index (χ4n) is 4.42. The molecule has 0 radical (unpaired) electrons. The van der Waals surface area contributed by atoms with Crippen molar-refractivity contribution in [2.45, 2.75) is 45.7 Å². The molecule has 0 saturated heterocycles. The van der Waals surface area contributed by atoms with Crippen LogP contribution in [0, 0.1) is 6.92 Å². The van der Waals surface area contributed by atoms with Crippen molar-refractivity contribution in [3.8, 4) is 0 Å². The quantitative estimate of drug-likeness (QED) is 0.555. The van der Waals surface area contributed by atoms with Crippen LogP contribution < -0.4 is 10.9 Å². The van der Waals surface area contributed by atoms with Gasteiger partial charge in [-0.15, -0.1) is 0 Å². The van der Waals surface area contributed by atoms with Crippen LogP contribution in [-0.2, 0) is 19.5 Å². The van der Waals surface area contributed by atoms with E-state index in [4.69, 9.17) is 4.98 Å². The molecule has 5 rings (SSSR count). The Hall–Kier alpha value is -3.48. The number of carbonyl (C=O) groups excluding carboxylic acids is 1. The molecule has 31 heavy (non-hydrogen) atoms. The molecule has 0 fully saturated rings. The summed E-state index contributed by atoms with van der Waals surface area (Å²) in [5.74, 6) is 1.59. The van der Waals surface area contributed by atoms with Crippen LogP contribution in [0.2, 0.25) is 0 Å². The minimum Gasteiger partial charge on any atom is -0.350 e. The van der Waals surface area contributed by atoms with Crippen molar-refractivity contribution in [2.75, 3.05) is 6.54 Å². The molecule has 0 saturated carbocycles. The molecule has 4 aromatic rings. The Balaban J connectivity index is 1.35. The number of nitrogens with zero attached hydrogens (tertiary/aromatic N) is 4. The number of imidazole rings is 1. The van der Waals surface area contributed by atoms with Gasteiger partial charge in [0.1, 0.15) is 11.6 Å². The number of aromatic nitrogens is 4. The van der Waals surface area contributed by atoms with Crippen molar-refractivity contribution in [1.29, 1.82) is 0 Å². The van der Waals surface area contributed by atoms with E-state index in [9.17, 15) is 9.59 Å². The van der Waals surface area contributed by atoms with Crippen LogP contribution in [0.3, 0.4) is 0 Å². The second-order valence-electron chi connectivity index (χ2n) is 8.08. The lowest BCUT2D eigenvalue weighted by molar-refractivity contribution is 0.0952. The van der Waals surface area contributed by atoms with Gasteiger partial charge in [-0.05, 0) is 50.1 Å². The molecule has 2 aromatic carbocycles. The number of carbonyl (C=O) groups is 1. The van der Waals surface area contributed by atoms with E-state index in [0.29, 0.717) is 29.6 Å². The number of aryl methyl sites for hydroxylation is 2. The topological polar surface area (TPSA) is 81.8 Å². The van der Waals surface area contributed by atoms with Gasteiger partial charge >= 0.3 is 0 Å². The summed E-state index contributed by atoms with van der Waals surface area (Å²) in [6, 6.07) is 13.2. The van der Waals surface area contributed by atoms with E-state index in [2.05, 4.69) is 14.9 Å². The number of benzene rings is 2. The maximum Gasteiger partial charge on any atom is 0.261 e. The van der Waals surface area contributed by atoms with Gasteiger partial charge in [0.25, 0.3) is 11.5 Å². The van der Waals surface area contributed by atoms with Crippen LogP contribution in [-0.4, -0.2) is 31.6 Å². The molecule has 0 bridgehead atoms. The Morgan fingerprint density at radius 3 is 2.84 bits per heavy atom. The number of para-hydroxylation sites is 2. The van der Waals surface area contributed by atoms with Crippen molar-refractivity contribution in [3.05, 3.63) is 70.0 Å². The molecule has 1 N–H and O–H groups in total. The highest BCUT2D eigenvalue weighted by molar-refractivity contribution is 5.97. The predicted molar refractivity (Wildman–Crippen MR) is 120 cm³/mol. The molecular formula is C24H25N5O2. The van der Waals surface area contributed by atoms with Gasteiger partial charge in [-0.1, -0.05) is 18.6 Å². The third-order valence-electron chi connectivity index (χ3n) is 6.05. The van der Waals surface area contributed by atoms with Gasteiger partial charge in [-0.3, -0.25) is 14.2 Å². The summed E-state index contributed by atoms with van der Waals surface area (Å²) in [7, 11) is 0. The summed E-state index contributed by atoms with van der Waals surface area (Å²) in [5, 5.41) is 3.55. The average molecular weight is 415 g/mol. The van der Waals surface area contributed by atoms with Gasteiger partial charge in [0, 0.05) is 31.6 Å². The fourth-order valence-corrected chi connectivity index (χ4v) is 4.42. The van der Waals surface area contributed by atoms with E-state index in [0.717, 1.165) is 54.9 Å². The van der Waals surface area contributed by atoms with E-state index >= 15 is 0 Å². The second-order valence-corrected chi connectivity index (χ2v) is 8.08. The van der Waals surface area contributed by atoms with Crippen LogP contribution in [0.15, 0.2) is 47.3 Å². The summed E-state index contributed by atoms with van der Waals surface area (Å²) in [6.45, 7) is 3.82. The molecule has 1 aliphatic heterocycles. The van der Waals surface area contributed by atoms with Crippen LogP contribution in [0.25, 0.3) is 21.9 Å². The van der Waals surface area contributed by atoms with Gasteiger partial charge in [0.2, 0.25) is 0 Å². The van der Waals surface area contributed by atoms with E-state index in [1.165, 1.54) is 0 Å². The lowest BCUT2D eigenvalue weighted by Gasteiger charge is -2.11. The van der Waals surface area contributed by atoms with E-state index in [1.54, 1.807) is 22.8 Å². The Morgan fingerprint density at radius 2 is 1.94 bits per heavy atom. The predicted octanol–water partition coefficient (Wildman–Crippen LogP) is 3.21. The summed E-state index contributed by atoms with van der Waals surface area (Å²) >= 11 is 0. The first-order chi connectivity index (χ1) is 15.1. The maximum atomic E-state index is 12.9. The van der Waals surface area contributed by atoms with Gasteiger partial charge in [0.05, 0.1) is 21.9 Å². The normalized spacial score (nSPS) is 13.8. The number of nitrogens with one attached hydrogen (secondary N) is 1. The molecule has 0 spiro atoms. The van der Waals surface area contributed by atoms with Crippen molar-refractivity contribution in [2.24, 2.45) is 0 Å². The zero-order valence-corrected chi connectivity index (χ0v) is 17.6. The first-order valence-electron chi connectivity index (χ1n) is 10.9. The average Bonchev–Trinajstić information content (AvgIpc) is 2.93. The van der Waals surface area contributed by atoms with E-state index in [1.807, 2.05) is 31.2 Å². The highest BCUT2D eigenvalue weighted by Crippen LogP contribution is 2.17. The Morgan fingerprint density at radius 1 is 1.06 bits per heavy atom. The summed E-state index contributed by atoms with van der Waals surface area (Å²) < 4.78 is 3.90. The lowest BCUT2D eigenvalue weighted by Crippen LogP contribution is -2.28. The molecule has 158 valence electrons. The summed E-state index contributed by atoms with van der Waals surface area (Å²) in [5.41, 5.74) is 3.13. The first-order valence-corrected chi connectivity index (χ1v) is 10.9. The van der Waals surface area contributed by atoms with Crippen molar-refractivity contribution < 1.29 is 4.79 Å². The Labute approximate surface area is 179 Å². The zero-order valence-electron chi connectivity index (χ0n) is 17.6. The number of fused-ring (bicyclic) bond motifs is 3. The molecular weight excluding hydrogens is 390 g/mol. The summed E-state index contributed by atoms with van der Waals surface area (Å²) in [6.07, 6.45) is 3.96. The number of hydrogen-bond donors (Lipinski definition) is 1. The Kier molecular flexibility index (Phi) is 5.02. The number of amides is 1. The van der Waals surface area contributed by atoms with Gasteiger partial charge < -0.3 is 9.88 Å². The van der Waals surface area contributed by atoms with Gasteiger partial charge in [0.15, 0.2) is 0 Å². The van der Waals surface area contributed by atoms with Crippen LogP contribution in [0.4, 0.5) is 0 Å². The monoisotopic (exact) mass is 415 g/mol. The highest BCUT2D eigenvalue weighted by atomic mass is 16.1. The molecule has 1 aliphatic rings. The van der Waals surface area contributed by atoms with E-state index in [-0.39, 0.29) is 11.5 Å². The van der Waals surface area contributed by atoms with Crippen LogP contribution in [0.1, 0.15) is 41.3 Å². The number of hydrogen-bond acceptors (Lipinski definition) is 4. The second kappa shape index (κ2) is 7.98. The van der Waals surface area contributed by atoms with Crippen molar-refractivity contribution in [1.82, 2.24) is 24.4 Å². The minimum absolute atomic E-state index is 0.00341. The molecule has 7 nitrogen and oxygen atoms in total. The highest BCUT2D eigenvalue weighted by Gasteiger charge is 2.15. The molecule has 0 unspecified atom stereocenters. The van der Waals surface area contributed by atoms with Crippen LogP contribution in [0.5, 0.6) is 0 Å². The smallest absolute Gasteiger partial charge is 0.261 e. The SMILES string of the molecule is Cc1nc2ccccc2n1CCNC(=O)c1ccc2c(=O)n3c(nc2c1)CCCCC3. The third-order valence-corrected chi connectivity index (χ3v) is 6.05. The fraction of sp³-hybridized carbons (Fsp3) is 0.333. The molecule has 3 heterocycles. The molecule has 0 atom stereocenters.